The van der Waals surface area contributed by atoms with Gasteiger partial charge < -0.3 is 14.4 Å². The van der Waals surface area contributed by atoms with Gasteiger partial charge >= 0.3 is 0 Å². The van der Waals surface area contributed by atoms with E-state index >= 15 is 0 Å². The van der Waals surface area contributed by atoms with Gasteiger partial charge in [-0.1, -0.05) is 5.16 Å². The normalized spacial score (nSPS) is 10.9. The first kappa shape index (κ1) is 17.2. The van der Waals surface area contributed by atoms with E-state index in [2.05, 4.69) is 25.0 Å². The number of hydrogen-bond acceptors (Lipinski definition) is 6. The van der Waals surface area contributed by atoms with Gasteiger partial charge in [-0.3, -0.25) is 9.78 Å². The molecule has 0 spiro atoms. The van der Waals surface area contributed by atoms with Gasteiger partial charge in [-0.25, -0.2) is 0 Å². The molecule has 8 heteroatoms. The molecule has 0 radical (unpaired) electrons. The maximum absolute atomic E-state index is 12.7. The van der Waals surface area contributed by atoms with Gasteiger partial charge in [-0.15, -0.1) is 11.3 Å². The van der Waals surface area contributed by atoms with Crippen molar-refractivity contribution in [1.29, 1.82) is 0 Å². The molecular weight excluding hydrogens is 362 g/mol. The van der Waals surface area contributed by atoms with Crippen molar-refractivity contribution in [3.8, 4) is 16.4 Å². The van der Waals surface area contributed by atoms with E-state index in [4.69, 9.17) is 4.52 Å². The largest absolute Gasteiger partial charge is 0.343 e. The summed E-state index contributed by atoms with van der Waals surface area (Å²) in [5.41, 5.74) is 3.60. The van der Waals surface area contributed by atoms with Crippen molar-refractivity contribution in [2.75, 3.05) is 0 Å². The van der Waals surface area contributed by atoms with Crippen LogP contribution in [-0.4, -0.2) is 25.6 Å². The summed E-state index contributed by atoms with van der Waals surface area (Å²) in [6.07, 6.45) is 3.33. The Hall–Kier alpha value is -3.26. The first-order valence-corrected chi connectivity index (χ1v) is 9.25. The molecule has 27 heavy (non-hydrogen) atoms. The van der Waals surface area contributed by atoms with Crippen molar-refractivity contribution in [2.45, 2.75) is 20.4 Å². The summed E-state index contributed by atoms with van der Waals surface area (Å²) in [5, 5.41) is 9.61. The molecule has 4 heterocycles. The summed E-state index contributed by atoms with van der Waals surface area (Å²) < 4.78 is 7.31. The molecule has 0 unspecified atom stereocenters. The Balaban J connectivity index is 1.49. The number of thiophene rings is 1. The van der Waals surface area contributed by atoms with Crippen molar-refractivity contribution in [1.82, 2.24) is 25.0 Å². The number of hydrogen-bond donors (Lipinski definition) is 1. The zero-order valence-corrected chi connectivity index (χ0v) is 15.7. The van der Waals surface area contributed by atoms with Crippen molar-refractivity contribution in [3.05, 3.63) is 70.9 Å². The Morgan fingerprint density at radius 1 is 1.15 bits per heavy atom. The quantitative estimate of drug-likeness (QED) is 0.573. The van der Waals surface area contributed by atoms with E-state index in [0.29, 0.717) is 17.3 Å². The van der Waals surface area contributed by atoms with E-state index in [1.165, 1.54) is 11.3 Å². The Kier molecular flexibility index (Phi) is 4.55. The van der Waals surface area contributed by atoms with Crippen LogP contribution >= 0.6 is 11.3 Å². The molecule has 4 aromatic heterocycles. The summed E-state index contributed by atoms with van der Waals surface area (Å²) in [4.78, 5) is 21.0. The first-order valence-electron chi connectivity index (χ1n) is 8.37. The average Bonchev–Trinajstić information content (AvgIpc) is 3.41. The van der Waals surface area contributed by atoms with Crippen molar-refractivity contribution >= 4 is 17.2 Å². The van der Waals surface area contributed by atoms with Gasteiger partial charge in [-0.05, 0) is 49.6 Å². The van der Waals surface area contributed by atoms with Crippen molar-refractivity contribution < 1.29 is 9.32 Å². The molecule has 1 N–H and O–H groups in total. The highest BCUT2D eigenvalue weighted by atomic mass is 32.1. The van der Waals surface area contributed by atoms with Crippen LogP contribution in [0.3, 0.4) is 0 Å². The zero-order valence-electron chi connectivity index (χ0n) is 14.8. The second-order valence-electron chi connectivity index (χ2n) is 6.02. The number of nitrogens with zero attached hydrogens (tertiary/aromatic N) is 4. The molecule has 0 saturated heterocycles. The molecule has 4 aromatic rings. The van der Waals surface area contributed by atoms with E-state index in [9.17, 15) is 4.79 Å². The molecule has 1 amide bonds. The highest BCUT2D eigenvalue weighted by molar-refractivity contribution is 7.13. The van der Waals surface area contributed by atoms with Crippen molar-refractivity contribution in [3.63, 3.8) is 0 Å². The Morgan fingerprint density at radius 3 is 2.63 bits per heavy atom. The highest BCUT2D eigenvalue weighted by Gasteiger charge is 2.17. The number of rotatable bonds is 5. The molecule has 0 aliphatic heterocycles. The monoisotopic (exact) mass is 379 g/mol. The second-order valence-corrected chi connectivity index (χ2v) is 6.92. The van der Waals surface area contributed by atoms with Gasteiger partial charge in [0.25, 0.3) is 5.91 Å². The first-order chi connectivity index (χ1) is 13.1. The summed E-state index contributed by atoms with van der Waals surface area (Å²) in [6.45, 7) is 4.21. The molecule has 0 saturated carbocycles. The summed E-state index contributed by atoms with van der Waals surface area (Å²) in [6, 6.07) is 9.50. The standard InChI is InChI=1S/C19H17N5O2S/c1-12-3-4-13(2)24(12)19-15(7-10-27-19)18(25)21-11-16-22-17(23-26-16)14-5-8-20-9-6-14/h3-10H,11H2,1-2H3,(H,21,25). The lowest BCUT2D eigenvalue weighted by molar-refractivity contribution is 0.0946. The van der Waals surface area contributed by atoms with E-state index < -0.39 is 0 Å². The average molecular weight is 379 g/mol. The molecular formula is C19H17N5O2S. The Morgan fingerprint density at radius 2 is 1.89 bits per heavy atom. The van der Waals surface area contributed by atoms with Gasteiger partial charge in [-0.2, -0.15) is 4.98 Å². The highest BCUT2D eigenvalue weighted by Crippen LogP contribution is 2.26. The van der Waals surface area contributed by atoms with Crippen LogP contribution in [0.5, 0.6) is 0 Å². The number of pyridine rings is 1. The minimum atomic E-state index is -0.178. The summed E-state index contributed by atoms with van der Waals surface area (Å²) >= 11 is 1.53. The van der Waals surface area contributed by atoms with Crippen molar-refractivity contribution in [2.24, 2.45) is 0 Å². The molecule has 136 valence electrons. The van der Waals surface area contributed by atoms with E-state index in [1.807, 2.05) is 37.4 Å². The molecule has 0 fully saturated rings. The van der Waals surface area contributed by atoms with Crippen LogP contribution in [0.2, 0.25) is 0 Å². The minimum Gasteiger partial charge on any atom is -0.343 e. The summed E-state index contributed by atoms with van der Waals surface area (Å²) in [5.74, 6) is 0.638. The molecule has 0 atom stereocenters. The number of amides is 1. The van der Waals surface area contributed by atoms with Crippen LogP contribution in [0.15, 0.2) is 52.6 Å². The lowest BCUT2D eigenvalue weighted by atomic mass is 10.2. The number of carbonyl (C=O) groups is 1. The maximum atomic E-state index is 12.7. The van der Waals surface area contributed by atoms with Crippen LogP contribution in [0.1, 0.15) is 27.6 Å². The zero-order chi connectivity index (χ0) is 18.8. The summed E-state index contributed by atoms with van der Waals surface area (Å²) in [7, 11) is 0. The fourth-order valence-electron chi connectivity index (χ4n) is 2.83. The lowest BCUT2D eigenvalue weighted by Gasteiger charge is -2.10. The lowest BCUT2D eigenvalue weighted by Crippen LogP contribution is -2.23. The third-order valence-electron chi connectivity index (χ3n) is 4.17. The predicted molar refractivity (Wildman–Crippen MR) is 102 cm³/mol. The number of aryl methyl sites for hydroxylation is 2. The number of carbonyl (C=O) groups excluding carboxylic acids is 1. The molecule has 0 aliphatic carbocycles. The van der Waals surface area contributed by atoms with Crippen LogP contribution in [-0.2, 0) is 6.54 Å². The fraction of sp³-hybridized carbons (Fsp3) is 0.158. The molecule has 0 aromatic carbocycles. The molecule has 0 bridgehead atoms. The van der Waals surface area contributed by atoms with Gasteiger partial charge in [0, 0.05) is 29.3 Å². The third-order valence-corrected chi connectivity index (χ3v) is 5.07. The molecule has 7 nitrogen and oxygen atoms in total. The van der Waals surface area contributed by atoms with E-state index in [-0.39, 0.29) is 12.5 Å². The topological polar surface area (TPSA) is 85.8 Å². The smallest absolute Gasteiger partial charge is 0.254 e. The fourth-order valence-corrected chi connectivity index (χ4v) is 3.85. The van der Waals surface area contributed by atoms with E-state index in [0.717, 1.165) is 22.0 Å². The van der Waals surface area contributed by atoms with Gasteiger partial charge in [0.2, 0.25) is 11.7 Å². The molecule has 4 rings (SSSR count). The van der Waals surface area contributed by atoms with Gasteiger partial charge in [0.1, 0.15) is 5.00 Å². The van der Waals surface area contributed by atoms with Crippen LogP contribution < -0.4 is 5.32 Å². The molecule has 0 aliphatic rings. The van der Waals surface area contributed by atoms with Crippen LogP contribution in [0.4, 0.5) is 0 Å². The van der Waals surface area contributed by atoms with E-state index in [1.54, 1.807) is 24.5 Å². The van der Waals surface area contributed by atoms with Gasteiger partial charge in [0.05, 0.1) is 12.1 Å². The number of nitrogens with one attached hydrogen (secondary N) is 1. The van der Waals surface area contributed by atoms with Crippen LogP contribution in [0.25, 0.3) is 16.4 Å². The minimum absolute atomic E-state index is 0.163. The SMILES string of the molecule is Cc1ccc(C)n1-c1sccc1C(=O)NCc1nc(-c2ccncc2)no1. The Bertz CT molecular complexity index is 1060. The van der Waals surface area contributed by atoms with Gasteiger partial charge in [0.15, 0.2) is 0 Å². The maximum Gasteiger partial charge on any atom is 0.254 e. The van der Waals surface area contributed by atoms with Crippen LogP contribution in [0, 0.1) is 13.8 Å². The predicted octanol–water partition coefficient (Wildman–Crippen LogP) is 3.53. The Labute approximate surface area is 159 Å². The second kappa shape index (κ2) is 7.16. The number of aromatic nitrogens is 4. The third kappa shape index (κ3) is 3.39.